The van der Waals surface area contributed by atoms with Gasteiger partial charge in [0, 0.05) is 13.2 Å². The number of benzene rings is 1. The highest BCUT2D eigenvalue weighted by atomic mass is 16.5. The van der Waals surface area contributed by atoms with E-state index >= 15 is 0 Å². The first-order chi connectivity index (χ1) is 8.61. The predicted molar refractivity (Wildman–Crippen MR) is 75.0 cm³/mol. The van der Waals surface area contributed by atoms with Gasteiger partial charge >= 0.3 is 0 Å². The average Bonchev–Trinajstić information content (AvgIpc) is 2.41. The Kier molecular flexibility index (Phi) is 5.63. The molecule has 0 saturated carbocycles. The maximum atomic E-state index is 6.34. The fourth-order valence-electron chi connectivity index (χ4n) is 2.45. The van der Waals surface area contributed by atoms with Crippen molar-refractivity contribution in [1.82, 2.24) is 0 Å². The molecular weight excluding hydrogens is 226 g/mol. The van der Waals surface area contributed by atoms with Crippen molar-refractivity contribution in [3.8, 4) is 5.75 Å². The van der Waals surface area contributed by atoms with Gasteiger partial charge in [-0.25, -0.2) is 0 Å². The second-order valence-electron chi connectivity index (χ2n) is 4.64. The van der Waals surface area contributed by atoms with Crippen molar-refractivity contribution in [1.29, 1.82) is 0 Å². The molecule has 0 spiro atoms. The van der Waals surface area contributed by atoms with Gasteiger partial charge in [0.1, 0.15) is 5.75 Å². The Balaban J connectivity index is 2.82. The lowest BCUT2D eigenvalue weighted by Gasteiger charge is -2.36. The van der Waals surface area contributed by atoms with Crippen LogP contribution in [0.1, 0.15) is 32.3 Å². The Labute approximate surface area is 110 Å². The van der Waals surface area contributed by atoms with Crippen LogP contribution in [0.5, 0.6) is 5.75 Å². The molecule has 1 aromatic rings. The van der Waals surface area contributed by atoms with E-state index in [0.717, 1.165) is 25.0 Å². The quantitative estimate of drug-likeness (QED) is 0.810. The molecule has 1 atom stereocenters. The van der Waals surface area contributed by atoms with E-state index in [1.807, 2.05) is 18.2 Å². The van der Waals surface area contributed by atoms with Crippen LogP contribution in [0, 0.1) is 0 Å². The van der Waals surface area contributed by atoms with Crippen molar-refractivity contribution in [2.75, 3.05) is 14.2 Å². The van der Waals surface area contributed by atoms with E-state index in [0.29, 0.717) is 0 Å². The molecule has 0 aliphatic rings. The van der Waals surface area contributed by atoms with Crippen molar-refractivity contribution in [3.05, 3.63) is 29.8 Å². The molecule has 0 aromatic heterocycles. The molecule has 0 heterocycles. The molecule has 0 aliphatic heterocycles. The van der Waals surface area contributed by atoms with Crippen LogP contribution in [0.4, 0.5) is 0 Å². The van der Waals surface area contributed by atoms with Crippen LogP contribution >= 0.6 is 0 Å². The first kappa shape index (κ1) is 15.0. The zero-order valence-corrected chi connectivity index (χ0v) is 11.9. The molecule has 3 nitrogen and oxygen atoms in total. The molecule has 0 radical (unpaired) electrons. The number of rotatable bonds is 7. The monoisotopic (exact) mass is 251 g/mol. The molecule has 0 aliphatic carbocycles. The normalized spacial score (nSPS) is 13.4. The lowest BCUT2D eigenvalue weighted by atomic mass is 9.85. The summed E-state index contributed by atoms with van der Waals surface area (Å²) in [6, 6.07) is 8.04. The molecule has 0 fully saturated rings. The summed E-state index contributed by atoms with van der Waals surface area (Å²) in [6.45, 7) is 4.25. The van der Waals surface area contributed by atoms with Crippen LogP contribution < -0.4 is 10.5 Å². The highest BCUT2D eigenvalue weighted by Crippen LogP contribution is 2.26. The van der Waals surface area contributed by atoms with Crippen molar-refractivity contribution >= 4 is 0 Å². The first-order valence-electron chi connectivity index (χ1n) is 6.55. The summed E-state index contributed by atoms with van der Waals surface area (Å²) in [5, 5.41) is 0. The molecule has 0 saturated heterocycles. The van der Waals surface area contributed by atoms with Crippen molar-refractivity contribution < 1.29 is 9.47 Å². The van der Waals surface area contributed by atoms with Gasteiger partial charge in [-0.05, 0) is 37.0 Å². The standard InChI is InChI=1S/C15H25NO2/c1-5-15(6-2,18-4)14(16)11-12-8-7-9-13(10-12)17-3/h7-10,14H,5-6,11,16H2,1-4H3. The van der Waals surface area contributed by atoms with Crippen LogP contribution in [0.2, 0.25) is 0 Å². The van der Waals surface area contributed by atoms with E-state index in [4.69, 9.17) is 15.2 Å². The Morgan fingerprint density at radius 1 is 1.22 bits per heavy atom. The smallest absolute Gasteiger partial charge is 0.119 e. The number of nitrogens with two attached hydrogens (primary N) is 1. The Morgan fingerprint density at radius 3 is 2.39 bits per heavy atom. The molecule has 102 valence electrons. The molecule has 18 heavy (non-hydrogen) atoms. The van der Waals surface area contributed by atoms with Gasteiger partial charge in [-0.2, -0.15) is 0 Å². The molecule has 0 amide bonds. The van der Waals surface area contributed by atoms with E-state index in [9.17, 15) is 0 Å². The molecule has 3 heteroatoms. The van der Waals surface area contributed by atoms with Crippen LogP contribution in [-0.2, 0) is 11.2 Å². The van der Waals surface area contributed by atoms with Crippen LogP contribution in [-0.4, -0.2) is 25.9 Å². The molecular formula is C15H25NO2. The highest BCUT2D eigenvalue weighted by Gasteiger charge is 2.33. The lowest BCUT2D eigenvalue weighted by Crippen LogP contribution is -2.50. The topological polar surface area (TPSA) is 44.5 Å². The van der Waals surface area contributed by atoms with Gasteiger partial charge in [-0.1, -0.05) is 26.0 Å². The summed E-state index contributed by atoms with van der Waals surface area (Å²) < 4.78 is 10.9. The lowest BCUT2D eigenvalue weighted by molar-refractivity contribution is -0.0374. The molecule has 2 N–H and O–H groups in total. The van der Waals surface area contributed by atoms with Crippen molar-refractivity contribution in [3.63, 3.8) is 0 Å². The van der Waals surface area contributed by atoms with Crippen molar-refractivity contribution in [2.24, 2.45) is 5.73 Å². The molecule has 1 rings (SSSR count). The average molecular weight is 251 g/mol. The third-order valence-electron chi connectivity index (χ3n) is 3.87. The van der Waals surface area contributed by atoms with E-state index < -0.39 is 0 Å². The predicted octanol–water partition coefficient (Wildman–Crippen LogP) is 2.77. The van der Waals surface area contributed by atoms with Crippen LogP contribution in [0.3, 0.4) is 0 Å². The summed E-state index contributed by atoms with van der Waals surface area (Å²) in [5.41, 5.74) is 7.29. The largest absolute Gasteiger partial charge is 0.497 e. The fraction of sp³-hybridized carbons (Fsp3) is 0.600. The third-order valence-corrected chi connectivity index (χ3v) is 3.87. The van der Waals surface area contributed by atoms with Gasteiger partial charge in [0.25, 0.3) is 0 Å². The van der Waals surface area contributed by atoms with E-state index in [2.05, 4.69) is 19.9 Å². The minimum absolute atomic E-state index is 0.00962. The van der Waals surface area contributed by atoms with Crippen LogP contribution in [0.25, 0.3) is 0 Å². The summed E-state index contributed by atoms with van der Waals surface area (Å²) in [7, 11) is 3.43. The zero-order valence-electron chi connectivity index (χ0n) is 11.9. The first-order valence-corrected chi connectivity index (χ1v) is 6.55. The van der Waals surface area contributed by atoms with E-state index in [-0.39, 0.29) is 11.6 Å². The second kappa shape index (κ2) is 6.76. The minimum Gasteiger partial charge on any atom is -0.497 e. The van der Waals surface area contributed by atoms with Gasteiger partial charge in [-0.15, -0.1) is 0 Å². The maximum absolute atomic E-state index is 6.34. The van der Waals surface area contributed by atoms with Gasteiger partial charge in [-0.3, -0.25) is 0 Å². The van der Waals surface area contributed by atoms with E-state index in [1.165, 1.54) is 5.56 Å². The second-order valence-corrected chi connectivity index (χ2v) is 4.64. The Bertz CT molecular complexity index is 353. The van der Waals surface area contributed by atoms with Gasteiger partial charge < -0.3 is 15.2 Å². The SMILES string of the molecule is CCC(CC)(OC)C(N)Cc1cccc(OC)c1. The molecule has 1 aromatic carbocycles. The Hall–Kier alpha value is -1.06. The number of hydrogen-bond donors (Lipinski definition) is 1. The maximum Gasteiger partial charge on any atom is 0.119 e. The summed E-state index contributed by atoms with van der Waals surface area (Å²) >= 11 is 0. The van der Waals surface area contributed by atoms with Gasteiger partial charge in [0.05, 0.1) is 12.7 Å². The number of hydrogen-bond acceptors (Lipinski definition) is 3. The van der Waals surface area contributed by atoms with Gasteiger partial charge in [0.2, 0.25) is 0 Å². The summed E-state index contributed by atoms with van der Waals surface area (Å²) in [6.07, 6.45) is 2.64. The molecule has 1 unspecified atom stereocenters. The van der Waals surface area contributed by atoms with Crippen LogP contribution in [0.15, 0.2) is 24.3 Å². The Morgan fingerprint density at radius 2 is 1.89 bits per heavy atom. The zero-order chi connectivity index (χ0) is 13.6. The minimum atomic E-state index is -0.233. The van der Waals surface area contributed by atoms with E-state index in [1.54, 1.807) is 14.2 Å². The van der Waals surface area contributed by atoms with Crippen molar-refractivity contribution in [2.45, 2.75) is 44.8 Å². The number of methoxy groups -OCH3 is 2. The summed E-state index contributed by atoms with van der Waals surface area (Å²) in [4.78, 5) is 0. The fourth-order valence-corrected chi connectivity index (χ4v) is 2.45. The highest BCUT2D eigenvalue weighted by molar-refractivity contribution is 5.29. The third kappa shape index (κ3) is 3.24. The summed E-state index contributed by atoms with van der Waals surface area (Å²) in [5.74, 6) is 0.871. The number of ether oxygens (including phenoxy) is 2. The van der Waals surface area contributed by atoms with Gasteiger partial charge in [0.15, 0.2) is 0 Å². The molecule has 0 bridgehead atoms.